The molecule has 0 bridgehead atoms. The molecule has 2 atom stereocenters. The summed E-state index contributed by atoms with van der Waals surface area (Å²) in [5, 5.41) is 0. The molecule has 1 aromatic heterocycles. The lowest BCUT2D eigenvalue weighted by Crippen LogP contribution is -2.30. The van der Waals surface area contributed by atoms with E-state index in [1.165, 1.54) is 0 Å². The number of aryl methyl sites for hydroxylation is 1. The highest BCUT2D eigenvalue weighted by Gasteiger charge is 2.31. The van der Waals surface area contributed by atoms with Crippen LogP contribution in [0.5, 0.6) is 0 Å². The van der Waals surface area contributed by atoms with E-state index >= 15 is 0 Å². The van der Waals surface area contributed by atoms with Gasteiger partial charge in [-0.15, -0.1) is 0 Å². The van der Waals surface area contributed by atoms with Gasteiger partial charge in [0.1, 0.15) is 11.7 Å². The summed E-state index contributed by atoms with van der Waals surface area (Å²) in [5.74, 6) is -0.595. The lowest BCUT2D eigenvalue weighted by atomic mass is 10.0. The van der Waals surface area contributed by atoms with Crippen LogP contribution in [0.2, 0.25) is 0 Å². The Morgan fingerprint density at radius 2 is 1.88 bits per heavy atom. The third-order valence-corrected chi connectivity index (χ3v) is 4.50. The van der Waals surface area contributed by atoms with Crippen LogP contribution in [-0.4, -0.2) is 30.3 Å². The van der Waals surface area contributed by atoms with Crippen molar-refractivity contribution in [2.24, 2.45) is 0 Å². The Bertz CT molecular complexity index is 782. The maximum Gasteiger partial charge on any atom is 0.344 e. The van der Waals surface area contributed by atoms with E-state index in [9.17, 15) is 9.59 Å². The standard InChI is InChI=1S/C19H21NO4/c1-12-14(13-7-4-3-5-8-13)11-15(18(21)20-12)19(22)24-17-10-6-9-16(17)23-2/h3-5,7-8,11,16-17H,6,9-10H2,1-2H3,(H,20,21)/t16-,17-/m0/s1. The first kappa shape index (κ1) is 16.5. The highest BCUT2D eigenvalue weighted by atomic mass is 16.6. The fraction of sp³-hybridized carbons (Fsp3) is 0.368. The SMILES string of the molecule is CO[C@H]1CCC[C@@H]1OC(=O)c1cc(-c2ccccc2)c(C)[nH]c1=O. The molecule has 0 aliphatic heterocycles. The zero-order valence-corrected chi connectivity index (χ0v) is 13.9. The van der Waals surface area contributed by atoms with Crippen molar-refractivity contribution in [3.63, 3.8) is 0 Å². The van der Waals surface area contributed by atoms with E-state index in [0.29, 0.717) is 0 Å². The van der Waals surface area contributed by atoms with E-state index in [1.807, 2.05) is 37.3 Å². The number of H-pyrrole nitrogens is 1. The molecule has 1 fully saturated rings. The molecular formula is C19H21NO4. The molecule has 1 heterocycles. The number of hydrogen-bond acceptors (Lipinski definition) is 4. The molecule has 24 heavy (non-hydrogen) atoms. The summed E-state index contributed by atoms with van der Waals surface area (Å²) in [5.41, 5.74) is 2.08. The van der Waals surface area contributed by atoms with Gasteiger partial charge in [-0.05, 0) is 37.8 Å². The van der Waals surface area contributed by atoms with Crippen LogP contribution in [0.3, 0.4) is 0 Å². The molecule has 5 heteroatoms. The Balaban J connectivity index is 1.90. The van der Waals surface area contributed by atoms with Crippen LogP contribution in [0.4, 0.5) is 0 Å². The molecule has 1 N–H and O–H groups in total. The fourth-order valence-electron chi connectivity index (χ4n) is 3.19. The summed E-state index contributed by atoms with van der Waals surface area (Å²) in [6, 6.07) is 11.2. The minimum Gasteiger partial charge on any atom is -0.456 e. The Morgan fingerprint density at radius 1 is 1.17 bits per heavy atom. The van der Waals surface area contributed by atoms with Gasteiger partial charge in [0, 0.05) is 18.4 Å². The first-order chi connectivity index (χ1) is 11.6. The molecule has 0 unspecified atom stereocenters. The molecule has 0 saturated heterocycles. The number of hydrogen-bond donors (Lipinski definition) is 1. The van der Waals surface area contributed by atoms with Crippen LogP contribution in [0.15, 0.2) is 41.2 Å². The van der Waals surface area contributed by atoms with Gasteiger partial charge in [-0.2, -0.15) is 0 Å². The second kappa shape index (κ2) is 7.01. The van der Waals surface area contributed by atoms with Crippen molar-refractivity contribution in [1.29, 1.82) is 0 Å². The van der Waals surface area contributed by atoms with Crippen molar-refractivity contribution < 1.29 is 14.3 Å². The van der Waals surface area contributed by atoms with Crippen molar-refractivity contribution in [3.8, 4) is 11.1 Å². The van der Waals surface area contributed by atoms with Crippen molar-refractivity contribution in [1.82, 2.24) is 4.98 Å². The third kappa shape index (κ3) is 3.26. The Hall–Kier alpha value is -2.40. The van der Waals surface area contributed by atoms with E-state index in [4.69, 9.17) is 9.47 Å². The number of aromatic amines is 1. The molecule has 1 aromatic carbocycles. The van der Waals surface area contributed by atoms with Gasteiger partial charge in [0.25, 0.3) is 5.56 Å². The number of carbonyl (C=O) groups excluding carboxylic acids is 1. The largest absolute Gasteiger partial charge is 0.456 e. The summed E-state index contributed by atoms with van der Waals surface area (Å²) < 4.78 is 10.9. The van der Waals surface area contributed by atoms with E-state index in [-0.39, 0.29) is 17.8 Å². The quantitative estimate of drug-likeness (QED) is 0.876. The lowest BCUT2D eigenvalue weighted by molar-refractivity contribution is -0.0208. The van der Waals surface area contributed by atoms with Crippen molar-refractivity contribution in [2.75, 3.05) is 7.11 Å². The first-order valence-electron chi connectivity index (χ1n) is 8.13. The monoisotopic (exact) mass is 327 g/mol. The van der Waals surface area contributed by atoms with Crippen molar-refractivity contribution in [2.45, 2.75) is 38.4 Å². The van der Waals surface area contributed by atoms with Gasteiger partial charge in [-0.3, -0.25) is 4.79 Å². The van der Waals surface area contributed by atoms with E-state index in [1.54, 1.807) is 13.2 Å². The number of ether oxygens (including phenoxy) is 2. The lowest BCUT2D eigenvalue weighted by Gasteiger charge is -2.18. The normalized spacial score (nSPS) is 20.1. The molecule has 2 aromatic rings. The highest BCUT2D eigenvalue weighted by molar-refractivity contribution is 5.91. The van der Waals surface area contributed by atoms with Gasteiger partial charge >= 0.3 is 5.97 Å². The number of esters is 1. The number of rotatable bonds is 4. The maximum atomic E-state index is 12.5. The molecule has 1 aliphatic carbocycles. The zero-order valence-electron chi connectivity index (χ0n) is 13.9. The van der Waals surface area contributed by atoms with Gasteiger partial charge < -0.3 is 14.5 Å². The molecule has 1 aliphatic rings. The topological polar surface area (TPSA) is 68.4 Å². The predicted octanol–water partition coefficient (Wildman–Crippen LogP) is 3.07. The molecule has 3 rings (SSSR count). The molecule has 1 saturated carbocycles. The number of nitrogens with one attached hydrogen (secondary N) is 1. The Labute approximate surface area is 140 Å². The summed E-state index contributed by atoms with van der Waals surface area (Å²) >= 11 is 0. The van der Waals surface area contributed by atoms with Crippen molar-refractivity contribution in [3.05, 3.63) is 58.0 Å². The summed E-state index contributed by atoms with van der Waals surface area (Å²) in [7, 11) is 1.61. The van der Waals surface area contributed by atoms with Crippen LogP contribution < -0.4 is 5.56 Å². The third-order valence-electron chi connectivity index (χ3n) is 4.50. The number of benzene rings is 1. The second-order valence-electron chi connectivity index (χ2n) is 6.07. The van der Waals surface area contributed by atoms with Crippen LogP contribution >= 0.6 is 0 Å². The van der Waals surface area contributed by atoms with Gasteiger partial charge in [-0.25, -0.2) is 4.79 Å². The van der Waals surface area contributed by atoms with Gasteiger partial charge in [0.2, 0.25) is 0 Å². The van der Waals surface area contributed by atoms with Crippen LogP contribution in [0.25, 0.3) is 11.1 Å². The Morgan fingerprint density at radius 3 is 2.58 bits per heavy atom. The zero-order chi connectivity index (χ0) is 17.1. The first-order valence-corrected chi connectivity index (χ1v) is 8.13. The van der Waals surface area contributed by atoms with Crippen molar-refractivity contribution >= 4 is 5.97 Å². The molecule has 126 valence electrons. The number of pyridine rings is 1. The number of carbonyl (C=O) groups is 1. The molecule has 5 nitrogen and oxygen atoms in total. The average molecular weight is 327 g/mol. The van der Waals surface area contributed by atoms with E-state index in [0.717, 1.165) is 36.1 Å². The highest BCUT2D eigenvalue weighted by Crippen LogP contribution is 2.26. The summed E-state index contributed by atoms with van der Waals surface area (Å²) in [6.07, 6.45) is 2.21. The van der Waals surface area contributed by atoms with Gasteiger partial charge in [0.05, 0.1) is 6.10 Å². The number of methoxy groups -OCH3 is 1. The van der Waals surface area contributed by atoms with E-state index < -0.39 is 11.5 Å². The predicted molar refractivity (Wildman–Crippen MR) is 91.1 cm³/mol. The smallest absolute Gasteiger partial charge is 0.344 e. The molecular weight excluding hydrogens is 306 g/mol. The minimum atomic E-state index is -0.595. The summed E-state index contributed by atoms with van der Waals surface area (Å²) in [4.78, 5) is 27.4. The fourth-order valence-corrected chi connectivity index (χ4v) is 3.19. The van der Waals surface area contributed by atoms with Gasteiger partial charge in [-0.1, -0.05) is 30.3 Å². The molecule has 0 radical (unpaired) electrons. The van der Waals surface area contributed by atoms with Crippen LogP contribution in [0, 0.1) is 6.92 Å². The van der Waals surface area contributed by atoms with Crippen LogP contribution in [-0.2, 0) is 9.47 Å². The second-order valence-corrected chi connectivity index (χ2v) is 6.07. The van der Waals surface area contributed by atoms with Crippen LogP contribution in [0.1, 0.15) is 35.3 Å². The summed E-state index contributed by atoms with van der Waals surface area (Å²) in [6.45, 7) is 1.82. The average Bonchev–Trinajstić information content (AvgIpc) is 3.02. The molecule has 0 spiro atoms. The van der Waals surface area contributed by atoms with Gasteiger partial charge in [0.15, 0.2) is 0 Å². The maximum absolute atomic E-state index is 12.5. The Kier molecular flexibility index (Phi) is 4.81. The minimum absolute atomic E-state index is 0.0289. The van der Waals surface area contributed by atoms with E-state index in [2.05, 4.69) is 4.98 Å². The molecule has 0 amide bonds. The number of aromatic nitrogens is 1.